The molecule has 2 aromatic rings. The number of furan rings is 1. The summed E-state index contributed by atoms with van der Waals surface area (Å²) in [5, 5.41) is 0.860. The second-order valence-electron chi connectivity index (χ2n) is 7.44. The summed E-state index contributed by atoms with van der Waals surface area (Å²) in [6.07, 6.45) is 4.75. The summed E-state index contributed by atoms with van der Waals surface area (Å²) in [4.78, 5) is 44.4. The number of likely N-dealkylation sites (tertiary alicyclic amines) is 1. The smallest absolute Gasteiger partial charge is 0.309 e. The summed E-state index contributed by atoms with van der Waals surface area (Å²) in [7, 11) is 3.49. The highest BCUT2D eigenvalue weighted by molar-refractivity contribution is 7.98. The zero-order valence-corrected chi connectivity index (χ0v) is 18.9. The summed E-state index contributed by atoms with van der Waals surface area (Å²) >= 11 is 1.51. The number of piperidine rings is 1. The molecule has 3 rings (SSSR count). The van der Waals surface area contributed by atoms with E-state index >= 15 is 0 Å². The molecule has 1 fully saturated rings. The van der Waals surface area contributed by atoms with E-state index in [2.05, 4.69) is 4.98 Å². The molecule has 2 aromatic heterocycles. The van der Waals surface area contributed by atoms with Crippen molar-refractivity contribution in [2.75, 3.05) is 33.3 Å². The first-order chi connectivity index (χ1) is 14.9. The highest BCUT2D eigenvalue weighted by Gasteiger charge is 2.29. The molecule has 0 aromatic carbocycles. The molecule has 0 spiro atoms. The molecule has 0 atom stereocenters. The number of rotatable bonds is 8. The Morgan fingerprint density at radius 2 is 2.03 bits per heavy atom. The number of carbonyl (C=O) groups is 3. The van der Waals surface area contributed by atoms with Gasteiger partial charge in [-0.25, -0.2) is 4.98 Å². The number of nitrogens with zero attached hydrogens (tertiary/aromatic N) is 4. The Morgan fingerprint density at radius 3 is 2.68 bits per heavy atom. The molecule has 1 aliphatic heterocycles. The molecular weight excluding hydrogens is 420 g/mol. The summed E-state index contributed by atoms with van der Waals surface area (Å²) in [6, 6.07) is 3.39. The van der Waals surface area contributed by atoms with Gasteiger partial charge in [0.15, 0.2) is 10.9 Å². The van der Waals surface area contributed by atoms with E-state index in [9.17, 15) is 14.4 Å². The van der Waals surface area contributed by atoms with Gasteiger partial charge in [-0.05, 0) is 31.9 Å². The number of carbonyl (C=O) groups excluding carboxylic acids is 3. The maximum absolute atomic E-state index is 12.7. The van der Waals surface area contributed by atoms with Crippen LogP contribution in [-0.2, 0) is 27.1 Å². The molecule has 0 N–H and O–H groups in total. The number of hydrogen-bond donors (Lipinski definition) is 0. The van der Waals surface area contributed by atoms with E-state index in [-0.39, 0.29) is 36.0 Å². The third kappa shape index (κ3) is 5.90. The second-order valence-corrected chi connectivity index (χ2v) is 8.39. The third-order valence-electron chi connectivity index (χ3n) is 5.18. The van der Waals surface area contributed by atoms with Gasteiger partial charge in [-0.3, -0.25) is 14.4 Å². The molecule has 168 valence electrons. The molecule has 0 radical (unpaired) electrons. The van der Waals surface area contributed by atoms with Crippen LogP contribution in [0.5, 0.6) is 0 Å². The van der Waals surface area contributed by atoms with Gasteiger partial charge in [0.2, 0.25) is 5.91 Å². The first-order valence-corrected chi connectivity index (χ1v) is 11.3. The van der Waals surface area contributed by atoms with Crippen molar-refractivity contribution in [2.45, 2.75) is 30.7 Å². The fourth-order valence-corrected chi connectivity index (χ4v) is 4.21. The van der Waals surface area contributed by atoms with E-state index in [4.69, 9.17) is 9.15 Å². The van der Waals surface area contributed by atoms with Crippen LogP contribution in [0.25, 0.3) is 0 Å². The van der Waals surface area contributed by atoms with Gasteiger partial charge in [-0.1, -0.05) is 11.8 Å². The molecule has 1 aliphatic rings. The SMILES string of the molecule is CCOC(=O)C1CCN(C(=O)CN(C)C(=O)c2ccc(CSc3nccn3C)o2)CC1. The van der Waals surface area contributed by atoms with Crippen LogP contribution >= 0.6 is 11.8 Å². The molecule has 0 saturated carbocycles. The van der Waals surface area contributed by atoms with E-state index in [1.807, 2.05) is 17.8 Å². The van der Waals surface area contributed by atoms with E-state index in [0.717, 1.165) is 5.16 Å². The van der Waals surface area contributed by atoms with Gasteiger partial charge in [0.05, 0.1) is 24.8 Å². The molecule has 2 amide bonds. The number of esters is 1. The number of aromatic nitrogens is 2. The Kier molecular flexibility index (Phi) is 7.78. The number of imidazole rings is 1. The predicted octanol–water partition coefficient (Wildman–Crippen LogP) is 2.18. The van der Waals surface area contributed by atoms with E-state index in [0.29, 0.717) is 44.1 Å². The first-order valence-electron chi connectivity index (χ1n) is 10.3. The third-order valence-corrected chi connectivity index (χ3v) is 6.26. The van der Waals surface area contributed by atoms with Gasteiger partial charge < -0.3 is 23.5 Å². The lowest BCUT2D eigenvalue weighted by Gasteiger charge is -2.32. The molecule has 0 aliphatic carbocycles. The van der Waals surface area contributed by atoms with Crippen molar-refractivity contribution < 1.29 is 23.5 Å². The number of likely N-dealkylation sites (N-methyl/N-ethyl adjacent to an activating group) is 1. The Hall–Kier alpha value is -2.75. The molecule has 0 unspecified atom stereocenters. The van der Waals surface area contributed by atoms with Gasteiger partial charge in [0, 0.05) is 39.6 Å². The topological polar surface area (TPSA) is 97.9 Å². The maximum Gasteiger partial charge on any atom is 0.309 e. The summed E-state index contributed by atoms with van der Waals surface area (Å²) in [6.45, 7) is 3.08. The minimum absolute atomic E-state index is 0.0407. The molecular formula is C21H28N4O5S. The molecule has 1 saturated heterocycles. The van der Waals surface area contributed by atoms with Gasteiger partial charge in [-0.2, -0.15) is 0 Å². The highest BCUT2D eigenvalue weighted by atomic mass is 32.2. The average Bonchev–Trinajstić information content (AvgIpc) is 3.40. The van der Waals surface area contributed by atoms with Gasteiger partial charge >= 0.3 is 5.97 Å². The van der Waals surface area contributed by atoms with Crippen molar-refractivity contribution in [3.63, 3.8) is 0 Å². The lowest BCUT2D eigenvalue weighted by Crippen LogP contribution is -2.45. The van der Waals surface area contributed by atoms with Crippen LogP contribution in [0.2, 0.25) is 0 Å². The molecule has 10 heteroatoms. The van der Waals surface area contributed by atoms with Crippen LogP contribution < -0.4 is 0 Å². The predicted molar refractivity (Wildman–Crippen MR) is 114 cm³/mol. The maximum atomic E-state index is 12.7. The minimum Gasteiger partial charge on any atom is -0.466 e. The summed E-state index contributed by atoms with van der Waals surface area (Å²) < 4.78 is 12.6. The van der Waals surface area contributed by atoms with Crippen molar-refractivity contribution in [1.82, 2.24) is 19.4 Å². The van der Waals surface area contributed by atoms with Crippen LogP contribution in [0.3, 0.4) is 0 Å². The van der Waals surface area contributed by atoms with Crippen molar-refractivity contribution in [3.05, 3.63) is 36.0 Å². The van der Waals surface area contributed by atoms with E-state index < -0.39 is 0 Å². The van der Waals surface area contributed by atoms with Crippen LogP contribution in [0.15, 0.2) is 34.1 Å². The Labute approximate surface area is 185 Å². The monoisotopic (exact) mass is 448 g/mol. The largest absolute Gasteiger partial charge is 0.466 e. The van der Waals surface area contributed by atoms with E-state index in [1.165, 1.54) is 16.7 Å². The Balaban J connectivity index is 1.47. The zero-order chi connectivity index (χ0) is 22.4. The number of hydrogen-bond acceptors (Lipinski definition) is 7. The fourth-order valence-electron chi connectivity index (χ4n) is 3.38. The van der Waals surface area contributed by atoms with Gasteiger partial charge in [0.1, 0.15) is 5.76 Å². The van der Waals surface area contributed by atoms with Crippen molar-refractivity contribution >= 4 is 29.5 Å². The zero-order valence-electron chi connectivity index (χ0n) is 18.1. The standard InChI is InChI=1S/C21H28N4O5S/c1-4-29-20(28)15-7-10-25(11-8-15)18(26)13-24(3)19(27)17-6-5-16(30-17)14-31-21-22-9-12-23(21)2/h5-6,9,12,15H,4,7-8,10-11,13-14H2,1-3H3. The second kappa shape index (κ2) is 10.5. The number of ether oxygens (including phenoxy) is 1. The van der Waals surface area contributed by atoms with Gasteiger partial charge in [0.25, 0.3) is 5.91 Å². The van der Waals surface area contributed by atoms with Crippen LogP contribution in [0.1, 0.15) is 36.1 Å². The normalized spacial score (nSPS) is 14.5. The first kappa shape index (κ1) is 22.9. The van der Waals surface area contributed by atoms with Crippen molar-refractivity contribution in [3.8, 4) is 0 Å². The van der Waals surface area contributed by atoms with Crippen molar-refractivity contribution in [1.29, 1.82) is 0 Å². The van der Waals surface area contributed by atoms with E-state index in [1.54, 1.807) is 37.2 Å². The number of thioether (sulfide) groups is 1. The lowest BCUT2D eigenvalue weighted by atomic mass is 9.97. The van der Waals surface area contributed by atoms with Crippen LogP contribution in [0, 0.1) is 5.92 Å². The number of amides is 2. The van der Waals surface area contributed by atoms with Crippen LogP contribution in [-0.4, -0.2) is 70.4 Å². The summed E-state index contributed by atoms with van der Waals surface area (Å²) in [5.74, 6) is 0.572. The Bertz CT molecular complexity index is 917. The summed E-state index contributed by atoms with van der Waals surface area (Å²) in [5.41, 5.74) is 0. The molecule has 31 heavy (non-hydrogen) atoms. The number of aryl methyl sites for hydroxylation is 1. The highest BCUT2D eigenvalue weighted by Crippen LogP contribution is 2.23. The fraction of sp³-hybridized carbons (Fsp3) is 0.524. The molecule has 0 bridgehead atoms. The van der Waals surface area contributed by atoms with Crippen molar-refractivity contribution in [2.24, 2.45) is 13.0 Å². The van der Waals surface area contributed by atoms with Crippen LogP contribution in [0.4, 0.5) is 0 Å². The molecule has 3 heterocycles. The van der Waals surface area contributed by atoms with Gasteiger partial charge in [-0.15, -0.1) is 0 Å². The Morgan fingerprint density at radius 1 is 1.29 bits per heavy atom. The average molecular weight is 449 g/mol. The lowest BCUT2D eigenvalue weighted by molar-refractivity contribution is -0.151. The minimum atomic E-state index is -0.344. The molecule has 9 nitrogen and oxygen atoms in total. The quantitative estimate of drug-likeness (QED) is 0.451.